The number of likely N-dealkylation sites (N-methyl/N-ethyl adjacent to an activating group) is 1. The molecule has 1 aromatic rings. The molecule has 1 aromatic carbocycles. The molecule has 1 atom stereocenters. The average Bonchev–Trinajstić information content (AvgIpc) is 2.70. The number of hydrogen-bond acceptors (Lipinski definition) is 4. The first kappa shape index (κ1) is 21.5. The third-order valence-electron chi connectivity index (χ3n) is 5.39. The maximum atomic E-state index is 5.46. The third kappa shape index (κ3) is 6.70. The predicted molar refractivity (Wildman–Crippen MR) is 114 cm³/mol. The Labute approximate surface area is 165 Å². The topological polar surface area (TPSA) is 52.1 Å². The molecule has 0 spiro atoms. The van der Waals surface area contributed by atoms with E-state index < -0.39 is 0 Å². The Kier molecular flexibility index (Phi) is 8.88. The number of hydrogen-bond donors (Lipinski definition) is 2. The van der Waals surface area contributed by atoms with Gasteiger partial charge in [0, 0.05) is 52.4 Å². The summed E-state index contributed by atoms with van der Waals surface area (Å²) in [5, 5.41) is 6.89. The highest BCUT2D eigenvalue weighted by Crippen LogP contribution is 2.19. The number of guanidine groups is 1. The van der Waals surface area contributed by atoms with Crippen molar-refractivity contribution in [2.24, 2.45) is 4.99 Å². The lowest BCUT2D eigenvalue weighted by molar-refractivity contribution is 0.107. The fraction of sp³-hybridized carbons (Fsp3) is 0.667. The standard InChI is InChI=1S/C21H37N5O/c1-6-25-11-13-26(14-12-25)18(3)16-24-21(22-4)23-10-9-19-15-17(2)7-8-20(19)27-5/h7-8,15,18H,6,9-14,16H2,1-5H3,(H2,22,23,24). The van der Waals surface area contributed by atoms with E-state index in [1.54, 1.807) is 7.11 Å². The van der Waals surface area contributed by atoms with Crippen LogP contribution < -0.4 is 15.4 Å². The molecular weight excluding hydrogens is 338 g/mol. The number of ether oxygens (including phenoxy) is 1. The number of rotatable bonds is 8. The number of nitrogens with zero attached hydrogens (tertiary/aromatic N) is 3. The summed E-state index contributed by atoms with van der Waals surface area (Å²) in [4.78, 5) is 9.43. The Morgan fingerprint density at radius 1 is 1.22 bits per heavy atom. The molecule has 6 nitrogen and oxygen atoms in total. The van der Waals surface area contributed by atoms with Crippen LogP contribution in [0.4, 0.5) is 0 Å². The Morgan fingerprint density at radius 3 is 2.59 bits per heavy atom. The molecule has 0 amide bonds. The van der Waals surface area contributed by atoms with Crippen LogP contribution in [-0.2, 0) is 6.42 Å². The highest BCUT2D eigenvalue weighted by atomic mass is 16.5. The maximum absolute atomic E-state index is 5.46. The molecule has 0 bridgehead atoms. The SMILES string of the molecule is CCN1CCN(C(C)CNC(=NC)NCCc2cc(C)ccc2OC)CC1. The number of aryl methyl sites for hydroxylation is 1. The molecule has 0 radical (unpaired) electrons. The maximum Gasteiger partial charge on any atom is 0.191 e. The van der Waals surface area contributed by atoms with E-state index in [4.69, 9.17) is 4.74 Å². The molecule has 1 aliphatic rings. The second-order valence-electron chi connectivity index (χ2n) is 7.26. The van der Waals surface area contributed by atoms with Crippen molar-refractivity contribution in [2.75, 3.05) is 60.0 Å². The smallest absolute Gasteiger partial charge is 0.191 e. The van der Waals surface area contributed by atoms with E-state index in [2.05, 4.69) is 58.3 Å². The summed E-state index contributed by atoms with van der Waals surface area (Å²) in [6.45, 7) is 14.2. The fourth-order valence-electron chi connectivity index (χ4n) is 3.53. The largest absolute Gasteiger partial charge is 0.496 e. The molecule has 6 heteroatoms. The molecule has 1 unspecified atom stereocenters. The van der Waals surface area contributed by atoms with Gasteiger partial charge in [0.15, 0.2) is 5.96 Å². The van der Waals surface area contributed by atoms with Gasteiger partial charge in [-0.3, -0.25) is 9.89 Å². The number of benzene rings is 1. The first-order chi connectivity index (χ1) is 13.1. The zero-order valence-electron chi connectivity index (χ0n) is 17.7. The Bertz CT molecular complexity index is 596. The predicted octanol–water partition coefficient (Wildman–Crippen LogP) is 1.74. The van der Waals surface area contributed by atoms with Crippen LogP contribution >= 0.6 is 0 Å². The Balaban J connectivity index is 1.74. The van der Waals surface area contributed by atoms with Crippen molar-refractivity contribution >= 4 is 5.96 Å². The van der Waals surface area contributed by atoms with Crippen LogP contribution in [-0.4, -0.2) is 81.8 Å². The number of aliphatic imine (C=N–C) groups is 1. The minimum absolute atomic E-state index is 0.499. The van der Waals surface area contributed by atoms with Crippen LogP contribution in [0, 0.1) is 6.92 Å². The van der Waals surface area contributed by atoms with Gasteiger partial charge in [-0.25, -0.2) is 0 Å². The van der Waals surface area contributed by atoms with Crippen molar-refractivity contribution in [1.82, 2.24) is 20.4 Å². The molecule has 1 heterocycles. The van der Waals surface area contributed by atoms with Gasteiger partial charge in [-0.05, 0) is 38.4 Å². The molecule has 0 aromatic heterocycles. The zero-order valence-corrected chi connectivity index (χ0v) is 17.7. The Morgan fingerprint density at radius 2 is 1.96 bits per heavy atom. The van der Waals surface area contributed by atoms with Crippen molar-refractivity contribution in [2.45, 2.75) is 33.2 Å². The molecule has 1 aliphatic heterocycles. The van der Waals surface area contributed by atoms with Crippen molar-refractivity contribution in [3.8, 4) is 5.75 Å². The van der Waals surface area contributed by atoms with E-state index in [1.807, 2.05) is 13.1 Å². The molecule has 2 N–H and O–H groups in total. The average molecular weight is 376 g/mol. The van der Waals surface area contributed by atoms with Crippen molar-refractivity contribution < 1.29 is 4.74 Å². The third-order valence-corrected chi connectivity index (χ3v) is 5.39. The lowest BCUT2D eigenvalue weighted by Crippen LogP contribution is -2.53. The molecular formula is C21H37N5O. The summed E-state index contributed by atoms with van der Waals surface area (Å²) in [5.41, 5.74) is 2.48. The summed E-state index contributed by atoms with van der Waals surface area (Å²) in [6, 6.07) is 6.81. The van der Waals surface area contributed by atoms with E-state index in [1.165, 1.54) is 24.2 Å². The normalized spacial score (nSPS) is 17.6. The summed E-state index contributed by atoms with van der Waals surface area (Å²) < 4.78 is 5.46. The van der Waals surface area contributed by atoms with E-state index in [-0.39, 0.29) is 0 Å². The van der Waals surface area contributed by atoms with Gasteiger partial charge in [0.2, 0.25) is 0 Å². The fourth-order valence-corrected chi connectivity index (χ4v) is 3.53. The quantitative estimate of drug-likeness (QED) is 0.535. The van der Waals surface area contributed by atoms with Crippen LogP contribution in [0.25, 0.3) is 0 Å². The summed E-state index contributed by atoms with van der Waals surface area (Å²) in [7, 11) is 3.55. The van der Waals surface area contributed by atoms with Gasteiger partial charge in [0.05, 0.1) is 7.11 Å². The monoisotopic (exact) mass is 375 g/mol. The molecule has 2 rings (SSSR count). The van der Waals surface area contributed by atoms with Gasteiger partial charge in [-0.1, -0.05) is 24.6 Å². The summed E-state index contributed by atoms with van der Waals surface area (Å²) in [6.07, 6.45) is 0.903. The lowest BCUT2D eigenvalue weighted by Gasteiger charge is -2.37. The van der Waals surface area contributed by atoms with Gasteiger partial charge in [0.25, 0.3) is 0 Å². The van der Waals surface area contributed by atoms with E-state index in [0.29, 0.717) is 6.04 Å². The zero-order chi connectivity index (χ0) is 19.6. The molecule has 1 saturated heterocycles. The van der Waals surface area contributed by atoms with E-state index in [0.717, 1.165) is 50.9 Å². The Hall–Kier alpha value is -1.79. The van der Waals surface area contributed by atoms with Crippen molar-refractivity contribution in [3.63, 3.8) is 0 Å². The van der Waals surface area contributed by atoms with E-state index >= 15 is 0 Å². The van der Waals surface area contributed by atoms with Gasteiger partial charge in [-0.15, -0.1) is 0 Å². The van der Waals surface area contributed by atoms with Gasteiger partial charge >= 0.3 is 0 Å². The second-order valence-corrected chi connectivity index (χ2v) is 7.26. The molecule has 0 aliphatic carbocycles. The second kappa shape index (κ2) is 11.1. The first-order valence-electron chi connectivity index (χ1n) is 10.1. The number of methoxy groups -OCH3 is 1. The van der Waals surface area contributed by atoms with Crippen LogP contribution in [0.2, 0.25) is 0 Å². The van der Waals surface area contributed by atoms with E-state index in [9.17, 15) is 0 Å². The van der Waals surface area contributed by atoms with Crippen LogP contribution in [0.5, 0.6) is 5.75 Å². The van der Waals surface area contributed by atoms with Gasteiger partial charge in [0.1, 0.15) is 5.75 Å². The highest BCUT2D eigenvalue weighted by molar-refractivity contribution is 5.79. The minimum Gasteiger partial charge on any atom is -0.496 e. The molecule has 152 valence electrons. The van der Waals surface area contributed by atoms with Crippen molar-refractivity contribution in [3.05, 3.63) is 29.3 Å². The van der Waals surface area contributed by atoms with Crippen LogP contribution in [0.3, 0.4) is 0 Å². The minimum atomic E-state index is 0.499. The van der Waals surface area contributed by atoms with Crippen LogP contribution in [0.15, 0.2) is 23.2 Å². The lowest BCUT2D eigenvalue weighted by atomic mass is 10.1. The first-order valence-corrected chi connectivity index (χ1v) is 10.1. The summed E-state index contributed by atoms with van der Waals surface area (Å²) in [5.74, 6) is 1.81. The summed E-state index contributed by atoms with van der Waals surface area (Å²) >= 11 is 0. The van der Waals surface area contributed by atoms with Crippen molar-refractivity contribution in [1.29, 1.82) is 0 Å². The molecule has 0 saturated carbocycles. The van der Waals surface area contributed by atoms with Gasteiger partial charge in [-0.2, -0.15) is 0 Å². The van der Waals surface area contributed by atoms with Gasteiger partial charge < -0.3 is 20.3 Å². The molecule has 27 heavy (non-hydrogen) atoms. The number of piperazine rings is 1. The highest BCUT2D eigenvalue weighted by Gasteiger charge is 2.20. The molecule has 1 fully saturated rings. The number of nitrogens with one attached hydrogen (secondary N) is 2. The van der Waals surface area contributed by atoms with Crippen LogP contribution in [0.1, 0.15) is 25.0 Å².